The van der Waals surface area contributed by atoms with Crippen molar-refractivity contribution in [2.75, 3.05) is 23.9 Å². The second-order valence-corrected chi connectivity index (χ2v) is 6.62. The van der Waals surface area contributed by atoms with Gasteiger partial charge in [-0.2, -0.15) is 5.11 Å². The molecule has 0 aromatic heterocycles. The Bertz CT molecular complexity index is 1050. The summed E-state index contributed by atoms with van der Waals surface area (Å²) in [6.45, 7) is -0.318. The van der Waals surface area contributed by atoms with Crippen LogP contribution >= 0.6 is 0 Å². The molecule has 2 aromatic carbocycles. The maximum Gasteiger partial charge on any atom is 0.339 e. The van der Waals surface area contributed by atoms with E-state index in [0.29, 0.717) is 5.69 Å². The molecule has 1 saturated heterocycles. The van der Waals surface area contributed by atoms with Crippen LogP contribution in [0.1, 0.15) is 10.4 Å². The summed E-state index contributed by atoms with van der Waals surface area (Å²) in [5.41, 5.74) is 0.895. The van der Waals surface area contributed by atoms with Gasteiger partial charge in [0, 0.05) is 0 Å². The molecule has 0 bridgehead atoms. The first-order valence-corrected chi connectivity index (χ1v) is 9.08. The molecule has 1 fully saturated rings. The predicted octanol–water partition coefficient (Wildman–Crippen LogP) is 1.41. The van der Waals surface area contributed by atoms with Gasteiger partial charge < -0.3 is 10.1 Å². The van der Waals surface area contributed by atoms with Crippen molar-refractivity contribution < 1.29 is 23.9 Å². The third-order valence-electron chi connectivity index (χ3n) is 4.78. The van der Waals surface area contributed by atoms with Crippen LogP contribution in [0.3, 0.4) is 0 Å². The summed E-state index contributed by atoms with van der Waals surface area (Å²) in [6, 6.07) is 12.9. The number of hydrogen-bond acceptors (Lipinski definition) is 8. The third-order valence-corrected chi connectivity index (χ3v) is 4.78. The van der Waals surface area contributed by atoms with Crippen molar-refractivity contribution in [3.05, 3.63) is 60.2 Å². The molecule has 2 aromatic rings. The Morgan fingerprint density at radius 2 is 1.73 bits per heavy atom. The molecular weight excluding hydrogens is 390 g/mol. The second-order valence-electron chi connectivity index (χ2n) is 6.62. The normalized spacial score (nSPS) is 19.8. The van der Waals surface area contributed by atoms with Gasteiger partial charge in [-0.25, -0.2) is 9.69 Å². The first-order valence-electron chi connectivity index (χ1n) is 9.08. The van der Waals surface area contributed by atoms with E-state index < -0.39 is 35.8 Å². The van der Waals surface area contributed by atoms with Crippen LogP contribution in [0, 0.1) is 0 Å². The maximum atomic E-state index is 12.9. The highest BCUT2D eigenvalue weighted by atomic mass is 16.5. The van der Waals surface area contributed by atoms with Crippen molar-refractivity contribution in [1.82, 2.24) is 5.01 Å². The number of nitrogens with one attached hydrogen (secondary N) is 1. The van der Waals surface area contributed by atoms with E-state index in [1.807, 2.05) is 0 Å². The van der Waals surface area contributed by atoms with Gasteiger partial charge in [0.1, 0.15) is 6.54 Å². The van der Waals surface area contributed by atoms with E-state index in [9.17, 15) is 19.2 Å². The number of anilines is 2. The monoisotopic (exact) mass is 407 g/mol. The minimum Gasteiger partial charge on any atom is -0.465 e. The fourth-order valence-electron chi connectivity index (χ4n) is 3.40. The van der Waals surface area contributed by atoms with Gasteiger partial charge in [0.15, 0.2) is 12.1 Å². The number of nitrogens with zero attached hydrogens (tertiary/aromatic N) is 4. The highest BCUT2D eigenvalue weighted by Crippen LogP contribution is 2.31. The zero-order valence-electron chi connectivity index (χ0n) is 15.9. The lowest BCUT2D eigenvalue weighted by Gasteiger charge is -2.20. The minimum atomic E-state index is -0.993. The molecular formula is C20H17N5O5. The molecule has 0 saturated carbocycles. The van der Waals surface area contributed by atoms with E-state index >= 15 is 0 Å². The van der Waals surface area contributed by atoms with Gasteiger partial charge in [0.05, 0.1) is 24.0 Å². The van der Waals surface area contributed by atoms with Crippen molar-refractivity contribution in [2.45, 2.75) is 12.1 Å². The Balaban J connectivity index is 1.49. The van der Waals surface area contributed by atoms with Crippen LogP contribution in [0.15, 0.2) is 64.9 Å². The Labute approximate surface area is 171 Å². The number of imide groups is 1. The van der Waals surface area contributed by atoms with Crippen LogP contribution in [0.25, 0.3) is 0 Å². The Morgan fingerprint density at radius 3 is 2.47 bits per heavy atom. The van der Waals surface area contributed by atoms with Crippen molar-refractivity contribution in [3.8, 4) is 0 Å². The van der Waals surface area contributed by atoms with E-state index in [1.54, 1.807) is 48.5 Å². The number of methoxy groups -OCH3 is 1. The van der Waals surface area contributed by atoms with Crippen LogP contribution in [0.4, 0.5) is 11.4 Å². The van der Waals surface area contributed by atoms with Crippen molar-refractivity contribution >= 4 is 35.1 Å². The minimum absolute atomic E-state index is 0.191. The quantitative estimate of drug-likeness (QED) is 0.591. The van der Waals surface area contributed by atoms with E-state index in [-0.39, 0.29) is 17.8 Å². The van der Waals surface area contributed by atoms with Crippen molar-refractivity contribution in [3.63, 3.8) is 0 Å². The third kappa shape index (κ3) is 3.28. The molecule has 2 atom stereocenters. The molecule has 30 heavy (non-hydrogen) atoms. The molecule has 0 unspecified atom stereocenters. The largest absolute Gasteiger partial charge is 0.465 e. The number of carbonyl (C=O) groups is 4. The van der Waals surface area contributed by atoms with Crippen LogP contribution in [-0.2, 0) is 19.1 Å². The fourth-order valence-corrected chi connectivity index (χ4v) is 3.40. The van der Waals surface area contributed by atoms with Gasteiger partial charge >= 0.3 is 5.97 Å². The van der Waals surface area contributed by atoms with Gasteiger partial charge in [-0.3, -0.25) is 19.4 Å². The van der Waals surface area contributed by atoms with E-state index in [0.717, 1.165) is 4.90 Å². The first kappa shape index (κ1) is 19.2. The molecule has 2 aliphatic rings. The SMILES string of the molecule is COC(=O)c1ccccc1NC(=O)CN1N=N[C@@H]2C(=O)N(c3ccccc3)C(=O)[C@@H]21. The van der Waals surface area contributed by atoms with Crippen LogP contribution in [-0.4, -0.2) is 54.4 Å². The highest BCUT2D eigenvalue weighted by Gasteiger charge is 2.55. The lowest BCUT2D eigenvalue weighted by molar-refractivity contribution is -0.123. The Kier molecular flexibility index (Phi) is 4.97. The highest BCUT2D eigenvalue weighted by molar-refractivity contribution is 6.25. The van der Waals surface area contributed by atoms with Crippen LogP contribution in [0.2, 0.25) is 0 Å². The molecule has 1 N–H and O–H groups in total. The number of benzene rings is 2. The summed E-state index contributed by atoms with van der Waals surface area (Å²) < 4.78 is 4.71. The van der Waals surface area contributed by atoms with Crippen molar-refractivity contribution in [2.24, 2.45) is 10.3 Å². The van der Waals surface area contributed by atoms with Gasteiger partial charge in [-0.05, 0) is 24.3 Å². The number of amides is 3. The number of fused-ring (bicyclic) bond motifs is 1. The average Bonchev–Trinajstić information content (AvgIpc) is 3.28. The summed E-state index contributed by atoms with van der Waals surface area (Å²) in [4.78, 5) is 51.0. The van der Waals surface area contributed by atoms with Gasteiger partial charge in [0.2, 0.25) is 5.91 Å². The van der Waals surface area contributed by atoms with Crippen LogP contribution in [0.5, 0.6) is 0 Å². The van der Waals surface area contributed by atoms with E-state index in [4.69, 9.17) is 4.74 Å². The number of ether oxygens (including phenoxy) is 1. The van der Waals surface area contributed by atoms with Crippen molar-refractivity contribution in [1.29, 1.82) is 0 Å². The molecule has 10 nitrogen and oxygen atoms in total. The Morgan fingerprint density at radius 1 is 1.03 bits per heavy atom. The summed E-state index contributed by atoms with van der Waals surface area (Å²) in [5.74, 6) is -2.10. The number of esters is 1. The van der Waals surface area contributed by atoms with E-state index in [2.05, 4.69) is 15.7 Å². The topological polar surface area (TPSA) is 121 Å². The maximum absolute atomic E-state index is 12.9. The number of rotatable bonds is 5. The molecule has 2 aliphatic heterocycles. The number of hydrogen-bond donors (Lipinski definition) is 1. The summed E-state index contributed by atoms with van der Waals surface area (Å²) in [7, 11) is 1.24. The molecule has 4 rings (SSSR count). The zero-order valence-corrected chi connectivity index (χ0v) is 15.9. The Hall–Kier alpha value is -4.08. The van der Waals surface area contributed by atoms with Gasteiger partial charge in [-0.1, -0.05) is 35.6 Å². The smallest absolute Gasteiger partial charge is 0.339 e. The number of carbonyl (C=O) groups excluding carboxylic acids is 4. The molecule has 3 amide bonds. The summed E-state index contributed by atoms with van der Waals surface area (Å²) in [5, 5.41) is 11.5. The molecule has 152 valence electrons. The van der Waals surface area contributed by atoms with Gasteiger partial charge in [-0.15, -0.1) is 0 Å². The average molecular weight is 407 g/mol. The molecule has 2 heterocycles. The lowest BCUT2D eigenvalue weighted by atomic mass is 10.1. The molecule has 0 radical (unpaired) electrons. The van der Waals surface area contributed by atoms with Crippen LogP contribution < -0.4 is 10.2 Å². The second kappa shape index (κ2) is 7.74. The van der Waals surface area contributed by atoms with E-state index in [1.165, 1.54) is 18.2 Å². The number of para-hydroxylation sites is 2. The zero-order chi connectivity index (χ0) is 21.3. The van der Waals surface area contributed by atoms with Gasteiger partial charge in [0.25, 0.3) is 11.8 Å². The molecule has 0 spiro atoms. The standard InChI is InChI=1S/C20H17N5O5/c1-30-20(29)13-9-5-6-10-14(13)21-15(26)11-24-17-16(22-23-24)18(27)25(19(17)28)12-7-3-2-4-8-12/h2-10,16-17H,11H2,1H3,(H,21,26)/t16-,17+/m0/s1. The lowest BCUT2D eigenvalue weighted by Crippen LogP contribution is -2.43. The molecule has 10 heteroatoms. The summed E-state index contributed by atoms with van der Waals surface area (Å²) >= 11 is 0. The predicted molar refractivity (Wildman–Crippen MR) is 104 cm³/mol. The first-order chi connectivity index (χ1) is 14.5. The summed E-state index contributed by atoms with van der Waals surface area (Å²) in [6.07, 6.45) is 0. The molecule has 0 aliphatic carbocycles. The fraction of sp³-hybridized carbons (Fsp3) is 0.200.